The monoisotopic (exact) mass is 374 g/mol. The highest BCUT2D eigenvalue weighted by molar-refractivity contribution is 5.76. The number of nitrogens with zero attached hydrogens (tertiary/aromatic N) is 4. The van der Waals surface area contributed by atoms with Crippen LogP contribution in [0.4, 0.5) is 17.1 Å². The number of nitro benzene ring substituents is 1. The maximum Gasteiger partial charge on any atom is 0.310 e. The van der Waals surface area contributed by atoms with E-state index in [0.717, 1.165) is 51.0 Å². The second kappa shape index (κ2) is 8.55. The van der Waals surface area contributed by atoms with E-state index in [0.29, 0.717) is 12.2 Å². The second-order valence-electron chi connectivity index (χ2n) is 7.12. The molecule has 8 nitrogen and oxygen atoms in total. The van der Waals surface area contributed by atoms with Gasteiger partial charge in [-0.1, -0.05) is 0 Å². The molecule has 0 aliphatic carbocycles. The molecule has 1 aromatic rings. The first kappa shape index (κ1) is 19.4. The summed E-state index contributed by atoms with van der Waals surface area (Å²) in [6, 6.07) is 5.52. The Morgan fingerprint density at radius 3 is 2.26 bits per heavy atom. The van der Waals surface area contributed by atoms with Gasteiger partial charge in [-0.25, -0.2) is 0 Å². The van der Waals surface area contributed by atoms with Gasteiger partial charge in [-0.15, -0.1) is 0 Å². The van der Waals surface area contributed by atoms with Gasteiger partial charge in [0.05, 0.1) is 17.1 Å². The molecule has 2 saturated heterocycles. The molecule has 2 atom stereocenters. The molecule has 27 heavy (non-hydrogen) atoms. The fraction of sp³-hybridized carbons (Fsp3) is 0.632. The summed E-state index contributed by atoms with van der Waals surface area (Å²) in [5.74, 6) is 0. The Morgan fingerprint density at radius 2 is 1.70 bits per heavy atom. The molecular weight excluding hydrogens is 348 g/mol. The number of anilines is 2. The fourth-order valence-electron chi connectivity index (χ4n) is 4.02. The van der Waals surface area contributed by atoms with E-state index >= 15 is 0 Å². The molecule has 3 rings (SSSR count). The minimum absolute atomic E-state index is 0.0420. The van der Waals surface area contributed by atoms with E-state index in [2.05, 4.69) is 4.90 Å². The topological polar surface area (TPSA) is 91.9 Å². The van der Waals surface area contributed by atoms with Crippen molar-refractivity contribution in [1.82, 2.24) is 0 Å². The molecule has 2 unspecified atom stereocenters. The van der Waals surface area contributed by atoms with Gasteiger partial charge < -0.3 is 19.3 Å². The Kier molecular flexibility index (Phi) is 6.14. The lowest BCUT2D eigenvalue weighted by molar-refractivity contribution is -0.384. The van der Waals surface area contributed by atoms with Crippen LogP contribution in [-0.2, 0) is 9.47 Å². The van der Waals surface area contributed by atoms with E-state index in [1.54, 1.807) is 20.3 Å². The lowest BCUT2D eigenvalue weighted by Crippen LogP contribution is -2.41. The Labute approximate surface area is 159 Å². The summed E-state index contributed by atoms with van der Waals surface area (Å²) in [6.45, 7) is 2.88. The van der Waals surface area contributed by atoms with Crippen molar-refractivity contribution in [3.8, 4) is 6.07 Å². The highest BCUT2D eigenvalue weighted by atomic mass is 16.6. The highest BCUT2D eigenvalue weighted by Gasteiger charge is 2.30. The number of methoxy groups -OCH3 is 2. The highest BCUT2D eigenvalue weighted by Crippen LogP contribution is 2.38. The average Bonchev–Trinajstić information content (AvgIpc) is 2.72. The van der Waals surface area contributed by atoms with Crippen LogP contribution in [0.5, 0.6) is 0 Å². The third-order valence-corrected chi connectivity index (χ3v) is 5.51. The van der Waals surface area contributed by atoms with Crippen molar-refractivity contribution in [2.24, 2.45) is 0 Å². The standard InChI is InChI=1S/C19H26N4O4/c1-26-16-5-3-7-21(12-16)15-9-14(11-20)19(23(24)25)18(10-15)22-8-4-6-17(13-22)27-2/h9-10,16-17H,3-8,12-13H2,1-2H3. The third kappa shape index (κ3) is 4.15. The van der Waals surface area contributed by atoms with Crippen molar-refractivity contribution in [1.29, 1.82) is 5.26 Å². The van der Waals surface area contributed by atoms with Gasteiger partial charge in [0.25, 0.3) is 0 Å². The molecule has 1 aromatic carbocycles. The number of benzene rings is 1. The first-order chi connectivity index (χ1) is 13.1. The minimum Gasteiger partial charge on any atom is -0.380 e. The molecule has 8 heteroatoms. The summed E-state index contributed by atoms with van der Waals surface area (Å²) in [7, 11) is 3.37. The minimum atomic E-state index is -0.442. The van der Waals surface area contributed by atoms with Crippen molar-refractivity contribution in [2.75, 3.05) is 50.2 Å². The maximum absolute atomic E-state index is 11.7. The van der Waals surface area contributed by atoms with Gasteiger partial charge in [0.15, 0.2) is 0 Å². The first-order valence-electron chi connectivity index (χ1n) is 9.35. The molecule has 2 aliphatic rings. The van der Waals surface area contributed by atoms with E-state index < -0.39 is 4.92 Å². The van der Waals surface area contributed by atoms with Gasteiger partial charge in [-0.2, -0.15) is 5.26 Å². The molecule has 0 radical (unpaired) electrons. The number of hydrogen-bond acceptors (Lipinski definition) is 7. The number of rotatable bonds is 5. The molecule has 146 valence electrons. The van der Waals surface area contributed by atoms with Gasteiger partial charge >= 0.3 is 5.69 Å². The summed E-state index contributed by atoms with van der Waals surface area (Å²) in [4.78, 5) is 15.4. The van der Waals surface area contributed by atoms with Crippen molar-refractivity contribution < 1.29 is 14.4 Å². The Bertz CT molecular complexity index is 733. The molecule has 0 N–H and O–H groups in total. The van der Waals surface area contributed by atoms with Gasteiger partial charge in [-0.3, -0.25) is 10.1 Å². The van der Waals surface area contributed by atoms with Gasteiger partial charge in [0.1, 0.15) is 17.3 Å². The molecule has 0 aromatic heterocycles. The van der Waals surface area contributed by atoms with Gasteiger partial charge in [-0.05, 0) is 37.8 Å². The van der Waals surface area contributed by atoms with Crippen LogP contribution in [0.3, 0.4) is 0 Å². The van der Waals surface area contributed by atoms with Crippen LogP contribution in [0.2, 0.25) is 0 Å². The molecule has 0 amide bonds. The summed E-state index contributed by atoms with van der Waals surface area (Å²) < 4.78 is 11.0. The van der Waals surface area contributed by atoms with Crippen molar-refractivity contribution >= 4 is 17.1 Å². The summed E-state index contributed by atoms with van der Waals surface area (Å²) in [6.07, 6.45) is 4.00. The number of ether oxygens (including phenoxy) is 2. The largest absolute Gasteiger partial charge is 0.380 e. The SMILES string of the molecule is COC1CCCN(c2cc(C#N)c([N+](=O)[O-])c(N3CCCC(OC)C3)c2)C1. The lowest BCUT2D eigenvalue weighted by Gasteiger charge is -2.36. The summed E-state index contributed by atoms with van der Waals surface area (Å²) >= 11 is 0. The summed E-state index contributed by atoms with van der Waals surface area (Å²) in [5, 5.41) is 21.3. The molecule has 0 bridgehead atoms. The van der Waals surface area contributed by atoms with Crippen LogP contribution in [0, 0.1) is 21.4 Å². The summed E-state index contributed by atoms with van der Waals surface area (Å²) in [5.41, 5.74) is 1.34. The zero-order valence-corrected chi connectivity index (χ0v) is 15.9. The van der Waals surface area contributed by atoms with Crippen LogP contribution in [0.15, 0.2) is 12.1 Å². The fourth-order valence-corrected chi connectivity index (χ4v) is 4.02. The third-order valence-electron chi connectivity index (χ3n) is 5.51. The van der Waals surface area contributed by atoms with Crippen molar-refractivity contribution in [3.05, 3.63) is 27.8 Å². The van der Waals surface area contributed by atoms with Crippen LogP contribution >= 0.6 is 0 Å². The smallest absolute Gasteiger partial charge is 0.310 e. The number of nitriles is 1. The molecule has 0 saturated carbocycles. The van der Waals surface area contributed by atoms with Crippen LogP contribution in [0.1, 0.15) is 31.2 Å². The van der Waals surface area contributed by atoms with E-state index in [1.807, 2.05) is 17.0 Å². The number of piperidine rings is 2. The normalized spacial score (nSPS) is 23.1. The molecule has 2 aliphatic heterocycles. The van der Waals surface area contributed by atoms with Crippen molar-refractivity contribution in [3.63, 3.8) is 0 Å². The quantitative estimate of drug-likeness (QED) is 0.578. The lowest BCUT2D eigenvalue weighted by atomic mass is 10.0. The molecule has 2 heterocycles. The second-order valence-corrected chi connectivity index (χ2v) is 7.12. The van der Waals surface area contributed by atoms with Gasteiger partial charge in [0, 0.05) is 46.1 Å². The maximum atomic E-state index is 11.7. The van der Waals surface area contributed by atoms with E-state index in [1.165, 1.54) is 0 Å². The van der Waals surface area contributed by atoms with Crippen LogP contribution < -0.4 is 9.80 Å². The van der Waals surface area contributed by atoms with Gasteiger partial charge in [0.2, 0.25) is 0 Å². The molecule has 2 fully saturated rings. The average molecular weight is 374 g/mol. The molecular formula is C19H26N4O4. The predicted octanol–water partition coefficient (Wildman–Crippen LogP) is 2.70. The Morgan fingerprint density at radius 1 is 1.11 bits per heavy atom. The number of nitro groups is 1. The number of hydrogen-bond donors (Lipinski definition) is 0. The van der Waals surface area contributed by atoms with Crippen LogP contribution in [0.25, 0.3) is 0 Å². The van der Waals surface area contributed by atoms with Crippen LogP contribution in [-0.4, -0.2) is 57.5 Å². The zero-order valence-electron chi connectivity index (χ0n) is 15.9. The molecule has 0 spiro atoms. The Balaban J connectivity index is 2.01. The predicted molar refractivity (Wildman–Crippen MR) is 102 cm³/mol. The zero-order chi connectivity index (χ0) is 19.4. The Hall–Kier alpha value is -2.37. The van der Waals surface area contributed by atoms with E-state index in [-0.39, 0.29) is 23.5 Å². The van der Waals surface area contributed by atoms with Crippen molar-refractivity contribution in [2.45, 2.75) is 37.9 Å². The first-order valence-corrected chi connectivity index (χ1v) is 9.35. The van der Waals surface area contributed by atoms with E-state index in [4.69, 9.17) is 9.47 Å². The van der Waals surface area contributed by atoms with E-state index in [9.17, 15) is 15.4 Å².